The van der Waals surface area contributed by atoms with Gasteiger partial charge in [-0.15, -0.1) is 0 Å². The molecule has 0 aliphatic carbocycles. The van der Waals surface area contributed by atoms with E-state index in [1.165, 1.54) is 5.56 Å². The highest BCUT2D eigenvalue weighted by molar-refractivity contribution is 9.11. The van der Waals surface area contributed by atoms with Crippen LogP contribution < -0.4 is 10.1 Å². The molecule has 1 aromatic rings. The van der Waals surface area contributed by atoms with Gasteiger partial charge in [0.2, 0.25) is 0 Å². The van der Waals surface area contributed by atoms with Crippen LogP contribution in [0.3, 0.4) is 0 Å². The highest BCUT2D eigenvalue weighted by atomic mass is 79.9. The summed E-state index contributed by atoms with van der Waals surface area (Å²) in [4.78, 5) is 0. The minimum atomic E-state index is 0.256. The van der Waals surface area contributed by atoms with E-state index in [0.717, 1.165) is 40.5 Å². The van der Waals surface area contributed by atoms with Crippen molar-refractivity contribution < 1.29 is 9.84 Å². The maximum atomic E-state index is 8.69. The molecule has 0 aliphatic rings. The van der Waals surface area contributed by atoms with Crippen LogP contribution in [0.15, 0.2) is 21.1 Å². The van der Waals surface area contributed by atoms with Crippen LogP contribution in [0.5, 0.6) is 5.75 Å². The van der Waals surface area contributed by atoms with Crippen LogP contribution in [0.4, 0.5) is 0 Å². The van der Waals surface area contributed by atoms with Crippen LogP contribution in [0.2, 0.25) is 0 Å². The molecule has 1 rings (SSSR count). The average molecular weight is 381 g/mol. The molecule has 0 fully saturated rings. The third-order valence-electron chi connectivity index (χ3n) is 2.49. The first-order valence-corrected chi connectivity index (χ1v) is 7.63. The minimum Gasteiger partial charge on any atom is -0.491 e. The van der Waals surface area contributed by atoms with Crippen molar-refractivity contribution in [3.05, 3.63) is 26.6 Å². The highest BCUT2D eigenvalue weighted by Gasteiger charge is 2.08. The summed E-state index contributed by atoms with van der Waals surface area (Å²) in [6.45, 7) is 1.75. The number of unbranched alkanes of at least 4 members (excludes halogenated alkanes) is 2. The first-order chi connectivity index (χ1) is 8.69. The van der Waals surface area contributed by atoms with Crippen molar-refractivity contribution >= 4 is 31.9 Å². The minimum absolute atomic E-state index is 0.256. The van der Waals surface area contributed by atoms with Crippen molar-refractivity contribution in [2.75, 3.05) is 20.3 Å². The molecule has 0 saturated heterocycles. The summed E-state index contributed by atoms with van der Waals surface area (Å²) in [6, 6.07) is 4.12. The third kappa shape index (κ3) is 5.26. The van der Waals surface area contributed by atoms with Crippen molar-refractivity contribution in [3.8, 4) is 5.75 Å². The molecule has 0 radical (unpaired) electrons. The van der Waals surface area contributed by atoms with Crippen LogP contribution in [0, 0.1) is 0 Å². The predicted octanol–water partition coefficient (Wildman–Crippen LogP) is 3.47. The molecule has 0 amide bonds. The number of benzene rings is 1. The van der Waals surface area contributed by atoms with E-state index >= 15 is 0 Å². The van der Waals surface area contributed by atoms with Gasteiger partial charge in [-0.2, -0.15) is 0 Å². The van der Waals surface area contributed by atoms with Gasteiger partial charge in [-0.3, -0.25) is 0 Å². The Morgan fingerprint density at radius 3 is 2.39 bits per heavy atom. The molecule has 2 N–H and O–H groups in total. The van der Waals surface area contributed by atoms with Crippen LogP contribution in [0.25, 0.3) is 0 Å². The Labute approximate surface area is 125 Å². The molecule has 1 aromatic carbocycles. The zero-order chi connectivity index (χ0) is 13.4. The molecule has 0 unspecified atom stereocenters. The molecule has 3 nitrogen and oxygen atoms in total. The summed E-state index contributed by atoms with van der Waals surface area (Å²) < 4.78 is 7.68. The molecule has 0 atom stereocenters. The Bertz CT molecular complexity index is 349. The quantitative estimate of drug-likeness (QED) is 0.678. The first kappa shape index (κ1) is 16.0. The van der Waals surface area contributed by atoms with Crippen LogP contribution in [0.1, 0.15) is 24.8 Å². The second kappa shape index (κ2) is 8.91. The molecule has 0 spiro atoms. The van der Waals surface area contributed by atoms with E-state index in [2.05, 4.69) is 49.3 Å². The van der Waals surface area contributed by atoms with Crippen molar-refractivity contribution in [1.82, 2.24) is 5.32 Å². The molecule has 0 aliphatic heterocycles. The summed E-state index contributed by atoms with van der Waals surface area (Å²) in [5.74, 6) is 0.846. The number of aliphatic hydroxyl groups excluding tert-OH is 1. The van der Waals surface area contributed by atoms with Gasteiger partial charge in [-0.25, -0.2) is 0 Å². The maximum Gasteiger partial charge on any atom is 0.147 e. The van der Waals surface area contributed by atoms with Crippen LogP contribution in [-0.4, -0.2) is 25.4 Å². The largest absolute Gasteiger partial charge is 0.491 e. The van der Waals surface area contributed by atoms with Crippen molar-refractivity contribution in [3.63, 3.8) is 0 Å². The van der Waals surface area contributed by atoms with Gasteiger partial charge in [0, 0.05) is 13.2 Å². The molecule has 0 saturated carbocycles. The van der Waals surface area contributed by atoms with E-state index in [4.69, 9.17) is 9.84 Å². The van der Waals surface area contributed by atoms with Gasteiger partial charge in [-0.1, -0.05) is 0 Å². The maximum absolute atomic E-state index is 8.69. The van der Waals surface area contributed by atoms with Crippen molar-refractivity contribution in [2.24, 2.45) is 0 Å². The Morgan fingerprint density at radius 1 is 1.17 bits per heavy atom. The highest BCUT2D eigenvalue weighted by Crippen LogP contribution is 2.34. The summed E-state index contributed by atoms with van der Waals surface area (Å²) in [5.41, 5.74) is 1.20. The lowest BCUT2D eigenvalue weighted by atomic mass is 10.2. The second-order valence-corrected chi connectivity index (χ2v) is 5.76. The number of hydrogen-bond donors (Lipinski definition) is 2. The van der Waals surface area contributed by atoms with E-state index in [0.29, 0.717) is 6.61 Å². The molecule has 0 aromatic heterocycles. The monoisotopic (exact) mass is 379 g/mol. The Morgan fingerprint density at radius 2 is 1.83 bits per heavy atom. The Kier molecular flexibility index (Phi) is 7.90. The van der Waals surface area contributed by atoms with Gasteiger partial charge in [0.25, 0.3) is 0 Å². The number of halogens is 2. The zero-order valence-corrected chi connectivity index (χ0v) is 13.7. The molecule has 18 heavy (non-hydrogen) atoms. The van der Waals surface area contributed by atoms with Crippen LogP contribution >= 0.6 is 31.9 Å². The zero-order valence-electron chi connectivity index (χ0n) is 10.5. The van der Waals surface area contributed by atoms with Gasteiger partial charge >= 0.3 is 0 Å². The summed E-state index contributed by atoms with van der Waals surface area (Å²) in [7, 11) is 1.92. The van der Waals surface area contributed by atoms with Crippen molar-refractivity contribution in [1.29, 1.82) is 0 Å². The van der Waals surface area contributed by atoms with Crippen LogP contribution in [-0.2, 0) is 6.54 Å². The Hall–Kier alpha value is -0.100. The molecule has 0 heterocycles. The molecular formula is C13H19Br2NO2. The fourth-order valence-electron chi connectivity index (χ4n) is 1.62. The van der Waals surface area contributed by atoms with Gasteiger partial charge in [0.15, 0.2) is 0 Å². The first-order valence-electron chi connectivity index (χ1n) is 6.05. The lowest BCUT2D eigenvalue weighted by Crippen LogP contribution is -2.06. The molecular weight excluding hydrogens is 362 g/mol. The predicted molar refractivity (Wildman–Crippen MR) is 81.0 cm³/mol. The van der Waals surface area contributed by atoms with Crippen molar-refractivity contribution in [2.45, 2.75) is 25.8 Å². The van der Waals surface area contributed by atoms with E-state index in [9.17, 15) is 0 Å². The van der Waals surface area contributed by atoms with E-state index in [1.54, 1.807) is 0 Å². The van der Waals surface area contributed by atoms with Gasteiger partial charge in [0.05, 0.1) is 15.6 Å². The SMILES string of the molecule is CNCc1cc(Br)c(OCCCCCO)c(Br)c1. The van der Waals surface area contributed by atoms with E-state index in [-0.39, 0.29) is 6.61 Å². The number of aliphatic hydroxyl groups is 1. The number of nitrogens with one attached hydrogen (secondary N) is 1. The molecule has 102 valence electrons. The van der Waals surface area contributed by atoms with Gasteiger partial charge in [0.1, 0.15) is 5.75 Å². The van der Waals surface area contributed by atoms with E-state index < -0.39 is 0 Å². The topological polar surface area (TPSA) is 41.5 Å². The summed E-state index contributed by atoms with van der Waals surface area (Å²) in [6.07, 6.45) is 2.79. The molecule has 0 bridgehead atoms. The Balaban J connectivity index is 2.54. The van der Waals surface area contributed by atoms with Gasteiger partial charge in [-0.05, 0) is 75.9 Å². The summed E-state index contributed by atoms with van der Waals surface area (Å²) in [5, 5.41) is 11.8. The van der Waals surface area contributed by atoms with Gasteiger partial charge < -0.3 is 15.2 Å². The lowest BCUT2D eigenvalue weighted by Gasteiger charge is -2.12. The van der Waals surface area contributed by atoms with E-state index in [1.807, 2.05) is 7.05 Å². The number of rotatable bonds is 8. The fourth-order valence-corrected chi connectivity index (χ4v) is 3.13. The number of ether oxygens (including phenoxy) is 1. The molecule has 5 heteroatoms. The summed E-state index contributed by atoms with van der Waals surface area (Å²) >= 11 is 7.06. The lowest BCUT2D eigenvalue weighted by molar-refractivity contribution is 0.265. The smallest absolute Gasteiger partial charge is 0.147 e. The third-order valence-corrected chi connectivity index (χ3v) is 3.67. The fraction of sp³-hybridized carbons (Fsp3) is 0.538. The number of hydrogen-bond acceptors (Lipinski definition) is 3. The standard InChI is InChI=1S/C13H19Br2NO2/c1-16-9-10-7-11(14)13(12(15)8-10)18-6-4-2-3-5-17/h7-8,16-17H,2-6,9H2,1H3. The normalized spacial score (nSPS) is 10.7. The second-order valence-electron chi connectivity index (χ2n) is 4.05. The average Bonchev–Trinajstić information content (AvgIpc) is 2.32.